The number of aromatic nitrogens is 1. The Labute approximate surface area is 115 Å². The standard InChI is InChI=1S/C11H15N3O3S2/c1-8-5-13-10(17-8)7-14-19(15,16)11-4-3-9(18-11)6-12-2/h3-5,12,14H,6-7H2,1-2H3. The summed E-state index contributed by atoms with van der Waals surface area (Å²) in [6.45, 7) is 2.46. The molecule has 8 heteroatoms. The van der Waals surface area contributed by atoms with Crippen LogP contribution in [-0.4, -0.2) is 20.4 Å². The molecule has 0 aliphatic heterocycles. The van der Waals surface area contributed by atoms with Crippen LogP contribution in [-0.2, 0) is 23.1 Å². The predicted molar refractivity (Wildman–Crippen MR) is 72.3 cm³/mol. The minimum atomic E-state index is -3.51. The Kier molecular flexibility index (Phi) is 4.35. The molecule has 0 amide bonds. The van der Waals surface area contributed by atoms with Crippen molar-refractivity contribution < 1.29 is 12.8 Å². The molecule has 0 fully saturated rings. The SMILES string of the molecule is CNCc1ccc(S(=O)(=O)NCc2ncc(C)o2)s1. The average molecular weight is 301 g/mol. The number of nitrogens with zero attached hydrogens (tertiary/aromatic N) is 1. The Hall–Kier alpha value is -1.22. The first-order valence-electron chi connectivity index (χ1n) is 5.65. The van der Waals surface area contributed by atoms with Crippen molar-refractivity contribution in [2.24, 2.45) is 0 Å². The highest BCUT2D eigenvalue weighted by Gasteiger charge is 2.17. The third-order valence-electron chi connectivity index (χ3n) is 2.34. The van der Waals surface area contributed by atoms with Gasteiger partial charge in [0.1, 0.15) is 9.97 Å². The maximum absolute atomic E-state index is 12.0. The average Bonchev–Trinajstić information content (AvgIpc) is 2.97. The molecule has 0 aromatic carbocycles. The molecule has 0 aliphatic carbocycles. The number of hydrogen-bond acceptors (Lipinski definition) is 6. The van der Waals surface area contributed by atoms with Gasteiger partial charge < -0.3 is 9.73 Å². The highest BCUT2D eigenvalue weighted by molar-refractivity contribution is 7.91. The van der Waals surface area contributed by atoms with Crippen molar-refractivity contribution >= 4 is 21.4 Å². The van der Waals surface area contributed by atoms with E-state index in [1.807, 2.05) is 7.05 Å². The smallest absolute Gasteiger partial charge is 0.250 e. The van der Waals surface area contributed by atoms with E-state index in [4.69, 9.17) is 4.42 Å². The van der Waals surface area contributed by atoms with Gasteiger partial charge in [0.25, 0.3) is 10.0 Å². The van der Waals surface area contributed by atoms with Crippen LogP contribution in [0.4, 0.5) is 0 Å². The van der Waals surface area contributed by atoms with Gasteiger partial charge in [-0.05, 0) is 26.1 Å². The maximum atomic E-state index is 12.0. The lowest BCUT2D eigenvalue weighted by molar-refractivity contribution is 0.463. The molecule has 0 aliphatic rings. The third kappa shape index (κ3) is 3.63. The van der Waals surface area contributed by atoms with E-state index in [9.17, 15) is 8.42 Å². The molecule has 2 rings (SSSR count). The minimum absolute atomic E-state index is 0.0510. The van der Waals surface area contributed by atoms with Crippen molar-refractivity contribution in [3.63, 3.8) is 0 Å². The molecule has 2 N–H and O–H groups in total. The number of aryl methyl sites for hydroxylation is 1. The molecule has 104 valence electrons. The highest BCUT2D eigenvalue weighted by atomic mass is 32.2. The third-order valence-corrected chi connectivity index (χ3v) is 5.31. The van der Waals surface area contributed by atoms with Gasteiger partial charge in [-0.15, -0.1) is 11.3 Å². The van der Waals surface area contributed by atoms with Crippen molar-refractivity contribution in [1.29, 1.82) is 0 Å². The molecule has 0 spiro atoms. The lowest BCUT2D eigenvalue weighted by atomic mass is 10.5. The molecule has 0 unspecified atom stereocenters. The normalized spacial score (nSPS) is 11.9. The largest absolute Gasteiger partial charge is 0.445 e. The summed E-state index contributed by atoms with van der Waals surface area (Å²) in [5.41, 5.74) is 0. The minimum Gasteiger partial charge on any atom is -0.445 e. The molecule has 6 nitrogen and oxygen atoms in total. The van der Waals surface area contributed by atoms with E-state index in [1.54, 1.807) is 25.3 Å². The zero-order valence-electron chi connectivity index (χ0n) is 10.6. The Bertz CT molecular complexity index is 646. The topological polar surface area (TPSA) is 84.2 Å². The van der Waals surface area contributed by atoms with Gasteiger partial charge in [-0.1, -0.05) is 0 Å². The molecule has 0 radical (unpaired) electrons. The second kappa shape index (κ2) is 5.83. The summed E-state index contributed by atoms with van der Waals surface area (Å²) in [5.74, 6) is 1.01. The number of nitrogens with one attached hydrogen (secondary N) is 2. The van der Waals surface area contributed by atoms with Crippen molar-refractivity contribution in [1.82, 2.24) is 15.0 Å². The first-order valence-corrected chi connectivity index (χ1v) is 7.95. The zero-order valence-corrected chi connectivity index (χ0v) is 12.3. The molecule has 2 aromatic rings. The number of thiophene rings is 1. The first kappa shape index (κ1) is 14.2. The number of oxazole rings is 1. The molecular weight excluding hydrogens is 286 g/mol. The van der Waals surface area contributed by atoms with Gasteiger partial charge in [-0.2, -0.15) is 0 Å². The van der Waals surface area contributed by atoms with E-state index in [0.717, 1.165) is 4.88 Å². The predicted octanol–water partition coefficient (Wildman–Crippen LogP) is 1.24. The van der Waals surface area contributed by atoms with Gasteiger partial charge in [0.05, 0.1) is 12.7 Å². The summed E-state index contributed by atoms with van der Waals surface area (Å²) < 4.78 is 32.1. The Morgan fingerprint density at radius 2 is 2.16 bits per heavy atom. The first-order chi connectivity index (χ1) is 9.01. The van der Waals surface area contributed by atoms with Gasteiger partial charge >= 0.3 is 0 Å². The summed E-state index contributed by atoms with van der Waals surface area (Å²) in [4.78, 5) is 4.91. The highest BCUT2D eigenvalue weighted by Crippen LogP contribution is 2.21. The Morgan fingerprint density at radius 3 is 2.79 bits per heavy atom. The monoisotopic (exact) mass is 301 g/mol. The summed E-state index contributed by atoms with van der Waals surface area (Å²) in [7, 11) is -1.69. The van der Waals surface area contributed by atoms with Crippen molar-refractivity contribution in [2.75, 3.05) is 7.05 Å². The van der Waals surface area contributed by atoms with Crippen LogP contribution in [0.25, 0.3) is 0 Å². The Balaban J connectivity index is 2.04. The van der Waals surface area contributed by atoms with Gasteiger partial charge in [0.15, 0.2) is 0 Å². The summed E-state index contributed by atoms with van der Waals surface area (Å²) in [5, 5.41) is 2.98. The van der Waals surface area contributed by atoms with E-state index < -0.39 is 10.0 Å². The second-order valence-electron chi connectivity index (χ2n) is 3.94. The van der Waals surface area contributed by atoms with E-state index in [0.29, 0.717) is 22.4 Å². The molecule has 0 bridgehead atoms. The second-order valence-corrected chi connectivity index (χ2v) is 7.10. The van der Waals surface area contributed by atoms with E-state index in [-0.39, 0.29) is 6.54 Å². The van der Waals surface area contributed by atoms with Crippen molar-refractivity contribution in [2.45, 2.75) is 24.2 Å². The molecule has 19 heavy (non-hydrogen) atoms. The fourth-order valence-electron chi connectivity index (χ4n) is 1.48. The van der Waals surface area contributed by atoms with Crippen LogP contribution < -0.4 is 10.0 Å². The van der Waals surface area contributed by atoms with Crippen LogP contribution in [0.1, 0.15) is 16.5 Å². The molecule has 0 saturated heterocycles. The van der Waals surface area contributed by atoms with Crippen LogP contribution in [0.5, 0.6) is 0 Å². The fraction of sp³-hybridized carbons (Fsp3) is 0.364. The lowest BCUT2D eigenvalue weighted by Gasteiger charge is -2.01. The van der Waals surface area contributed by atoms with Crippen LogP contribution in [0.2, 0.25) is 0 Å². The Morgan fingerprint density at radius 1 is 1.37 bits per heavy atom. The van der Waals surface area contributed by atoms with E-state index in [2.05, 4.69) is 15.0 Å². The van der Waals surface area contributed by atoms with E-state index in [1.165, 1.54) is 11.3 Å². The summed E-state index contributed by atoms with van der Waals surface area (Å²) >= 11 is 1.24. The van der Waals surface area contributed by atoms with Crippen LogP contribution >= 0.6 is 11.3 Å². The molecule has 2 heterocycles. The van der Waals surface area contributed by atoms with E-state index >= 15 is 0 Å². The van der Waals surface area contributed by atoms with Gasteiger partial charge in [-0.3, -0.25) is 0 Å². The molecule has 0 atom stereocenters. The molecule has 2 aromatic heterocycles. The summed E-state index contributed by atoms with van der Waals surface area (Å²) in [6.07, 6.45) is 1.56. The van der Waals surface area contributed by atoms with Crippen LogP contribution in [0.3, 0.4) is 0 Å². The van der Waals surface area contributed by atoms with Crippen LogP contribution in [0, 0.1) is 6.92 Å². The fourth-order valence-corrected chi connectivity index (χ4v) is 3.87. The summed E-state index contributed by atoms with van der Waals surface area (Å²) in [6, 6.07) is 3.39. The van der Waals surface area contributed by atoms with Crippen molar-refractivity contribution in [3.8, 4) is 0 Å². The van der Waals surface area contributed by atoms with Crippen LogP contribution in [0.15, 0.2) is 27.0 Å². The maximum Gasteiger partial charge on any atom is 0.250 e. The molecule has 0 saturated carbocycles. The number of rotatable bonds is 6. The quantitative estimate of drug-likeness (QED) is 0.838. The van der Waals surface area contributed by atoms with Crippen molar-refractivity contribution in [3.05, 3.63) is 34.9 Å². The molecular formula is C11H15N3O3S2. The van der Waals surface area contributed by atoms with Gasteiger partial charge in [0.2, 0.25) is 5.89 Å². The van der Waals surface area contributed by atoms with Gasteiger partial charge in [0, 0.05) is 11.4 Å². The zero-order chi connectivity index (χ0) is 13.9. The number of hydrogen-bond donors (Lipinski definition) is 2. The number of sulfonamides is 1. The lowest BCUT2D eigenvalue weighted by Crippen LogP contribution is -2.22. The van der Waals surface area contributed by atoms with Gasteiger partial charge in [-0.25, -0.2) is 18.1 Å².